The maximum absolute atomic E-state index is 12.0. The van der Waals surface area contributed by atoms with Crippen molar-refractivity contribution in [1.82, 2.24) is 10.6 Å². The fourth-order valence-corrected chi connectivity index (χ4v) is 4.41. The number of fused-ring (bicyclic) bond motifs is 1. The van der Waals surface area contributed by atoms with Gasteiger partial charge in [0.15, 0.2) is 5.96 Å². The van der Waals surface area contributed by atoms with Crippen molar-refractivity contribution in [1.29, 1.82) is 0 Å². The number of benzene rings is 2. The number of aliphatic imine (C=N–C) groups is 1. The number of methoxy groups -OCH3 is 1. The van der Waals surface area contributed by atoms with Crippen LogP contribution in [0.4, 0.5) is 11.4 Å². The number of hydrogen-bond donors (Lipinski definition) is 3. The lowest BCUT2D eigenvalue weighted by Gasteiger charge is -2.26. The van der Waals surface area contributed by atoms with E-state index in [9.17, 15) is 4.79 Å². The van der Waals surface area contributed by atoms with Crippen molar-refractivity contribution in [3.63, 3.8) is 0 Å². The fourth-order valence-electron chi connectivity index (χ4n) is 4.41. The lowest BCUT2D eigenvalue weighted by molar-refractivity contribution is -0.116. The Bertz CT molecular complexity index is 951. The molecule has 0 aliphatic carbocycles. The zero-order chi connectivity index (χ0) is 21.6. The van der Waals surface area contributed by atoms with Gasteiger partial charge in [0, 0.05) is 63.0 Å². The second-order valence-electron chi connectivity index (χ2n) is 8.17. The molecule has 0 aromatic heterocycles. The third-order valence-electron chi connectivity index (χ3n) is 6.11. The van der Waals surface area contributed by atoms with E-state index in [2.05, 4.69) is 44.0 Å². The zero-order valence-electron chi connectivity index (χ0n) is 18.6. The molecule has 1 fully saturated rings. The molecule has 2 atom stereocenters. The number of hydrogen-bond acceptors (Lipinski definition) is 4. The summed E-state index contributed by atoms with van der Waals surface area (Å²) in [6.45, 7) is 3.58. The summed E-state index contributed by atoms with van der Waals surface area (Å²) in [5, 5.41) is 9.83. The Hall–Kier alpha value is -2.49. The normalized spacial score (nSPS) is 20.1. The Labute approximate surface area is 207 Å². The second kappa shape index (κ2) is 11.4. The minimum Gasteiger partial charge on any atom is -0.497 e. The largest absolute Gasteiger partial charge is 0.497 e. The van der Waals surface area contributed by atoms with Crippen molar-refractivity contribution in [2.75, 3.05) is 50.6 Å². The van der Waals surface area contributed by atoms with Gasteiger partial charge < -0.3 is 25.6 Å². The molecule has 0 bridgehead atoms. The highest BCUT2D eigenvalue weighted by molar-refractivity contribution is 14.0. The summed E-state index contributed by atoms with van der Waals surface area (Å²) >= 11 is 0. The molecule has 7 nitrogen and oxygen atoms in total. The summed E-state index contributed by atoms with van der Waals surface area (Å²) in [5.74, 6) is 2.42. The van der Waals surface area contributed by atoms with E-state index < -0.39 is 0 Å². The number of rotatable bonds is 6. The van der Waals surface area contributed by atoms with Crippen LogP contribution in [0.3, 0.4) is 0 Å². The SMILES string of the molecule is CN=C(NCC1CCN(c2cccc(OC)c2)C1)NCC1CC(=O)Nc2ccccc21.I. The van der Waals surface area contributed by atoms with Crippen LogP contribution in [0.25, 0.3) is 0 Å². The van der Waals surface area contributed by atoms with Gasteiger partial charge in [0.25, 0.3) is 0 Å². The number of nitrogens with zero attached hydrogens (tertiary/aromatic N) is 2. The van der Waals surface area contributed by atoms with Crippen LogP contribution in [-0.2, 0) is 4.79 Å². The molecule has 0 spiro atoms. The number of carbonyl (C=O) groups excluding carboxylic acids is 1. The van der Waals surface area contributed by atoms with Crippen molar-refractivity contribution in [2.24, 2.45) is 10.9 Å². The van der Waals surface area contributed by atoms with Crippen LogP contribution in [0.1, 0.15) is 24.3 Å². The van der Waals surface area contributed by atoms with Crippen LogP contribution in [0.15, 0.2) is 53.5 Å². The molecule has 2 aliphatic rings. The van der Waals surface area contributed by atoms with Crippen LogP contribution in [0.5, 0.6) is 5.75 Å². The topological polar surface area (TPSA) is 78.0 Å². The predicted molar refractivity (Wildman–Crippen MR) is 141 cm³/mol. The third-order valence-corrected chi connectivity index (χ3v) is 6.11. The fraction of sp³-hybridized carbons (Fsp3) is 0.417. The summed E-state index contributed by atoms with van der Waals surface area (Å²) in [5.41, 5.74) is 3.30. The molecule has 2 aromatic rings. The van der Waals surface area contributed by atoms with Gasteiger partial charge in [-0.25, -0.2) is 0 Å². The number of anilines is 2. The van der Waals surface area contributed by atoms with E-state index in [-0.39, 0.29) is 35.8 Å². The maximum atomic E-state index is 12.0. The van der Waals surface area contributed by atoms with Gasteiger partial charge in [-0.2, -0.15) is 0 Å². The van der Waals surface area contributed by atoms with Gasteiger partial charge in [-0.3, -0.25) is 9.79 Å². The first kappa shape index (κ1) is 24.2. The first-order chi connectivity index (χ1) is 15.2. The quantitative estimate of drug-likeness (QED) is 0.293. The van der Waals surface area contributed by atoms with Gasteiger partial charge in [0.1, 0.15) is 5.75 Å². The Morgan fingerprint density at radius 2 is 2.00 bits per heavy atom. The molecular formula is C24H32IN5O2. The van der Waals surface area contributed by atoms with E-state index in [1.807, 2.05) is 30.3 Å². The van der Waals surface area contributed by atoms with Crippen molar-refractivity contribution in [3.8, 4) is 5.75 Å². The number of nitrogens with one attached hydrogen (secondary N) is 3. The summed E-state index contributed by atoms with van der Waals surface area (Å²) < 4.78 is 5.35. The number of ether oxygens (including phenoxy) is 1. The number of carbonyl (C=O) groups is 1. The molecule has 4 rings (SSSR count). The van der Waals surface area contributed by atoms with Gasteiger partial charge in [-0.15, -0.1) is 24.0 Å². The van der Waals surface area contributed by atoms with E-state index in [0.29, 0.717) is 18.9 Å². The lowest BCUT2D eigenvalue weighted by Crippen LogP contribution is -2.42. The van der Waals surface area contributed by atoms with Crippen molar-refractivity contribution in [3.05, 3.63) is 54.1 Å². The molecule has 1 saturated heterocycles. The number of guanidine groups is 1. The van der Waals surface area contributed by atoms with Gasteiger partial charge >= 0.3 is 0 Å². The summed E-state index contributed by atoms with van der Waals surface area (Å²) in [4.78, 5) is 18.8. The minimum absolute atomic E-state index is 0. The Morgan fingerprint density at radius 3 is 2.81 bits per heavy atom. The molecule has 32 heavy (non-hydrogen) atoms. The molecule has 2 unspecified atom stereocenters. The molecule has 0 radical (unpaired) electrons. The zero-order valence-corrected chi connectivity index (χ0v) is 21.0. The first-order valence-corrected chi connectivity index (χ1v) is 10.9. The van der Waals surface area contributed by atoms with E-state index in [1.165, 1.54) is 11.3 Å². The first-order valence-electron chi connectivity index (χ1n) is 10.9. The Balaban J connectivity index is 0.00000289. The van der Waals surface area contributed by atoms with E-state index in [4.69, 9.17) is 4.74 Å². The minimum atomic E-state index is 0. The van der Waals surface area contributed by atoms with Crippen LogP contribution < -0.4 is 25.6 Å². The van der Waals surface area contributed by atoms with Gasteiger partial charge in [0.2, 0.25) is 5.91 Å². The molecule has 3 N–H and O–H groups in total. The molecule has 172 valence electrons. The molecule has 1 amide bonds. The monoisotopic (exact) mass is 549 g/mol. The maximum Gasteiger partial charge on any atom is 0.225 e. The van der Waals surface area contributed by atoms with E-state index in [1.54, 1.807) is 14.2 Å². The number of halogens is 1. The van der Waals surface area contributed by atoms with Crippen LogP contribution >= 0.6 is 24.0 Å². The van der Waals surface area contributed by atoms with Crippen LogP contribution in [0.2, 0.25) is 0 Å². The molecule has 2 heterocycles. The average molecular weight is 549 g/mol. The van der Waals surface area contributed by atoms with E-state index >= 15 is 0 Å². The highest BCUT2D eigenvalue weighted by atomic mass is 127. The molecule has 2 aliphatic heterocycles. The summed E-state index contributed by atoms with van der Waals surface area (Å²) in [7, 11) is 3.49. The summed E-state index contributed by atoms with van der Waals surface area (Å²) in [6.07, 6.45) is 1.62. The smallest absolute Gasteiger partial charge is 0.225 e. The van der Waals surface area contributed by atoms with Crippen LogP contribution in [0, 0.1) is 5.92 Å². The second-order valence-corrected chi connectivity index (χ2v) is 8.17. The number of para-hydroxylation sites is 1. The van der Waals surface area contributed by atoms with Crippen molar-refractivity contribution < 1.29 is 9.53 Å². The van der Waals surface area contributed by atoms with Gasteiger partial charge in [-0.05, 0) is 36.1 Å². The number of amides is 1. The molecule has 8 heteroatoms. The molecular weight excluding hydrogens is 517 g/mol. The van der Waals surface area contributed by atoms with Gasteiger partial charge in [0.05, 0.1) is 7.11 Å². The lowest BCUT2D eigenvalue weighted by atomic mass is 9.90. The highest BCUT2D eigenvalue weighted by Gasteiger charge is 2.26. The molecule has 0 saturated carbocycles. The Morgan fingerprint density at radius 1 is 1.19 bits per heavy atom. The Kier molecular flexibility index (Phi) is 8.60. The van der Waals surface area contributed by atoms with Gasteiger partial charge in [-0.1, -0.05) is 24.3 Å². The standard InChI is InChI=1S/C24H31N5O2.HI/c1-25-24(27-15-18-12-23(30)28-22-9-4-3-8-21(18)22)26-14-17-10-11-29(16-17)19-6-5-7-20(13-19)31-2;/h3-9,13,17-18H,10-12,14-16H2,1-2H3,(H,28,30)(H2,25,26,27);1H. The third kappa shape index (κ3) is 5.85. The average Bonchev–Trinajstić information content (AvgIpc) is 3.28. The van der Waals surface area contributed by atoms with Crippen molar-refractivity contribution in [2.45, 2.75) is 18.8 Å². The highest BCUT2D eigenvalue weighted by Crippen LogP contribution is 2.31. The predicted octanol–water partition coefficient (Wildman–Crippen LogP) is 3.43. The van der Waals surface area contributed by atoms with E-state index in [0.717, 1.165) is 43.5 Å². The molecule has 2 aromatic carbocycles. The summed E-state index contributed by atoms with van der Waals surface area (Å²) in [6, 6.07) is 16.3. The van der Waals surface area contributed by atoms with Crippen molar-refractivity contribution >= 4 is 47.2 Å². The van der Waals surface area contributed by atoms with Crippen LogP contribution in [-0.4, -0.2) is 52.2 Å².